The normalized spacial score (nSPS) is 60.8. The molecule has 3 rings (SSSR count). The van der Waals surface area contributed by atoms with Crippen molar-refractivity contribution < 1.29 is 4.39 Å². The highest BCUT2D eigenvalue weighted by Crippen LogP contribution is 2.53. The molecule has 0 nitrogen and oxygen atoms in total. The molecule has 0 amide bonds. The second-order valence-corrected chi connectivity index (χ2v) is 3.32. The lowest BCUT2D eigenvalue weighted by Gasteiger charge is -2.29. The summed E-state index contributed by atoms with van der Waals surface area (Å²) in [6.45, 7) is 2.17. The fourth-order valence-electron chi connectivity index (χ4n) is 2.19. The highest BCUT2D eigenvalue weighted by Gasteiger charge is 2.51. The molecule has 0 aliphatic heterocycles. The minimum atomic E-state index is -0.412. The van der Waals surface area contributed by atoms with Gasteiger partial charge in [-0.05, 0) is 30.6 Å². The summed E-state index contributed by atoms with van der Waals surface area (Å²) >= 11 is 0. The van der Waals surface area contributed by atoms with Gasteiger partial charge in [-0.1, -0.05) is 6.92 Å². The van der Waals surface area contributed by atoms with Crippen molar-refractivity contribution in [3.8, 4) is 0 Å². The van der Waals surface area contributed by atoms with Crippen molar-refractivity contribution in [3.05, 3.63) is 0 Å². The molecule has 3 aliphatic carbocycles. The van der Waals surface area contributed by atoms with Crippen LogP contribution in [0.3, 0.4) is 0 Å². The van der Waals surface area contributed by atoms with Crippen LogP contribution >= 0.6 is 0 Å². The zero-order chi connectivity index (χ0) is 5.72. The summed E-state index contributed by atoms with van der Waals surface area (Å²) in [4.78, 5) is 0. The highest BCUT2D eigenvalue weighted by molar-refractivity contribution is 5.00. The first-order valence-corrected chi connectivity index (χ1v) is 3.43. The first kappa shape index (κ1) is 4.78. The Bertz CT molecular complexity index is 107. The summed E-state index contributed by atoms with van der Waals surface area (Å²) in [6, 6.07) is 0. The topological polar surface area (TPSA) is 0 Å². The van der Waals surface area contributed by atoms with Gasteiger partial charge in [0.25, 0.3) is 0 Å². The molecule has 3 saturated carbocycles. The molecule has 0 radical (unpaired) electrons. The molecular formula is C7H11F. The second-order valence-electron chi connectivity index (χ2n) is 3.32. The quantitative estimate of drug-likeness (QED) is 0.452. The summed E-state index contributed by atoms with van der Waals surface area (Å²) in [7, 11) is 0. The minimum absolute atomic E-state index is 0.412. The van der Waals surface area contributed by atoms with E-state index < -0.39 is 6.17 Å². The van der Waals surface area contributed by atoms with Crippen molar-refractivity contribution in [3.63, 3.8) is 0 Å². The predicted molar refractivity (Wildman–Crippen MR) is 30.3 cm³/mol. The van der Waals surface area contributed by atoms with Crippen LogP contribution in [-0.4, -0.2) is 6.17 Å². The fourth-order valence-corrected chi connectivity index (χ4v) is 2.19. The third kappa shape index (κ3) is 0.363. The van der Waals surface area contributed by atoms with Gasteiger partial charge >= 0.3 is 0 Å². The number of halogens is 1. The summed E-state index contributed by atoms with van der Waals surface area (Å²) in [6.07, 6.45) is 1.93. The number of hydrogen-bond donors (Lipinski definition) is 0. The van der Waals surface area contributed by atoms with Gasteiger partial charge in [0.15, 0.2) is 0 Å². The Balaban J connectivity index is 2.13. The Hall–Kier alpha value is -0.0700. The molecule has 46 valence electrons. The molecule has 1 heteroatoms. The fraction of sp³-hybridized carbons (Fsp3) is 1.00. The van der Waals surface area contributed by atoms with Crippen LogP contribution in [-0.2, 0) is 0 Å². The van der Waals surface area contributed by atoms with Gasteiger partial charge in [0.2, 0.25) is 0 Å². The van der Waals surface area contributed by atoms with Gasteiger partial charge < -0.3 is 0 Å². The molecule has 0 saturated heterocycles. The molecule has 0 aromatic heterocycles. The van der Waals surface area contributed by atoms with E-state index in [-0.39, 0.29) is 0 Å². The standard InChI is InChI=1S/C7H11F/c1-4-2-5-3-6(4)7(5)8/h4-7H,2-3H2,1H3/t4?,5-,6-,7?/m0/s1. The van der Waals surface area contributed by atoms with Crippen molar-refractivity contribution in [2.45, 2.75) is 25.9 Å². The third-order valence-corrected chi connectivity index (χ3v) is 2.84. The molecule has 2 unspecified atom stereocenters. The van der Waals surface area contributed by atoms with E-state index in [1.165, 1.54) is 6.42 Å². The molecule has 4 atom stereocenters. The van der Waals surface area contributed by atoms with Crippen LogP contribution in [0.2, 0.25) is 0 Å². The molecule has 0 N–H and O–H groups in total. The lowest BCUT2D eigenvalue weighted by Crippen LogP contribution is -2.30. The molecule has 2 bridgehead atoms. The van der Waals surface area contributed by atoms with Gasteiger partial charge in [0.05, 0.1) is 0 Å². The van der Waals surface area contributed by atoms with Crippen molar-refractivity contribution in [1.29, 1.82) is 0 Å². The number of rotatable bonds is 0. The second kappa shape index (κ2) is 1.26. The Morgan fingerprint density at radius 3 is 2.25 bits per heavy atom. The third-order valence-electron chi connectivity index (χ3n) is 2.84. The average Bonchev–Trinajstić information content (AvgIpc) is 2.19. The van der Waals surface area contributed by atoms with E-state index >= 15 is 0 Å². The van der Waals surface area contributed by atoms with Crippen LogP contribution < -0.4 is 0 Å². The monoisotopic (exact) mass is 114 g/mol. The Morgan fingerprint density at radius 2 is 2.12 bits per heavy atom. The van der Waals surface area contributed by atoms with Crippen molar-refractivity contribution in [1.82, 2.24) is 0 Å². The van der Waals surface area contributed by atoms with E-state index in [2.05, 4.69) is 6.92 Å². The molecule has 3 aliphatic rings. The summed E-state index contributed by atoms with van der Waals surface area (Å²) in [5.41, 5.74) is 0. The van der Waals surface area contributed by atoms with E-state index in [0.29, 0.717) is 17.8 Å². The first-order valence-electron chi connectivity index (χ1n) is 3.43. The van der Waals surface area contributed by atoms with E-state index in [0.717, 1.165) is 6.42 Å². The molecule has 0 aromatic rings. The van der Waals surface area contributed by atoms with Crippen molar-refractivity contribution in [2.75, 3.05) is 0 Å². The first-order chi connectivity index (χ1) is 3.79. The summed E-state index contributed by atoms with van der Waals surface area (Å²) in [5.74, 6) is 1.62. The number of hydrogen-bond acceptors (Lipinski definition) is 0. The van der Waals surface area contributed by atoms with E-state index in [1.54, 1.807) is 0 Å². The van der Waals surface area contributed by atoms with Crippen LogP contribution in [0.4, 0.5) is 4.39 Å². The van der Waals surface area contributed by atoms with Gasteiger partial charge in [-0.3, -0.25) is 0 Å². The molecule has 3 fully saturated rings. The van der Waals surface area contributed by atoms with Crippen molar-refractivity contribution >= 4 is 0 Å². The van der Waals surface area contributed by atoms with E-state index in [1.807, 2.05) is 0 Å². The van der Waals surface area contributed by atoms with E-state index in [9.17, 15) is 4.39 Å². The highest BCUT2D eigenvalue weighted by atomic mass is 19.1. The zero-order valence-electron chi connectivity index (χ0n) is 5.10. The number of fused-ring (bicyclic) bond motifs is 1. The lowest BCUT2D eigenvalue weighted by molar-refractivity contribution is 0.0860. The summed E-state index contributed by atoms with van der Waals surface area (Å²) in [5, 5.41) is 0. The Labute approximate surface area is 49.1 Å². The smallest absolute Gasteiger partial charge is 0.106 e. The molecular weight excluding hydrogens is 103 g/mol. The maximum absolute atomic E-state index is 12.6. The van der Waals surface area contributed by atoms with Gasteiger partial charge in [0.1, 0.15) is 6.17 Å². The van der Waals surface area contributed by atoms with Crippen LogP contribution in [0.25, 0.3) is 0 Å². The van der Waals surface area contributed by atoms with Crippen molar-refractivity contribution in [2.24, 2.45) is 17.8 Å². The number of alkyl halides is 1. The van der Waals surface area contributed by atoms with Gasteiger partial charge in [-0.25, -0.2) is 4.39 Å². The van der Waals surface area contributed by atoms with Crippen LogP contribution in [0, 0.1) is 17.8 Å². The molecule has 8 heavy (non-hydrogen) atoms. The largest absolute Gasteiger partial charge is 0.247 e. The molecule has 0 aromatic carbocycles. The van der Waals surface area contributed by atoms with Gasteiger partial charge in [0, 0.05) is 0 Å². The maximum Gasteiger partial charge on any atom is 0.106 e. The van der Waals surface area contributed by atoms with E-state index in [4.69, 9.17) is 0 Å². The van der Waals surface area contributed by atoms with Crippen LogP contribution in [0.1, 0.15) is 19.8 Å². The molecule has 0 heterocycles. The van der Waals surface area contributed by atoms with Gasteiger partial charge in [-0.15, -0.1) is 0 Å². The van der Waals surface area contributed by atoms with Crippen LogP contribution in [0.15, 0.2) is 0 Å². The van der Waals surface area contributed by atoms with Crippen LogP contribution in [0.5, 0.6) is 0 Å². The zero-order valence-corrected chi connectivity index (χ0v) is 5.10. The Morgan fingerprint density at radius 1 is 1.38 bits per heavy atom. The average molecular weight is 114 g/mol. The Kier molecular flexibility index (Phi) is 0.750. The maximum atomic E-state index is 12.6. The lowest BCUT2D eigenvalue weighted by atomic mass is 9.81. The SMILES string of the molecule is CC1C[C@H]2C[C@@H]1C2F. The van der Waals surface area contributed by atoms with Gasteiger partial charge in [-0.2, -0.15) is 0 Å². The minimum Gasteiger partial charge on any atom is -0.247 e. The summed E-state index contributed by atoms with van der Waals surface area (Å²) < 4.78 is 12.6. The predicted octanol–water partition coefficient (Wildman–Crippen LogP) is 2.00. The molecule has 0 spiro atoms.